The Labute approximate surface area is 120 Å². The predicted octanol–water partition coefficient (Wildman–Crippen LogP) is 2.11. The third-order valence-corrected chi connectivity index (χ3v) is 3.82. The molecule has 1 aromatic heterocycles. The van der Waals surface area contributed by atoms with Crippen molar-refractivity contribution in [2.75, 3.05) is 26.2 Å². The Balaban J connectivity index is 1.71. The van der Waals surface area contributed by atoms with Gasteiger partial charge in [-0.05, 0) is 44.9 Å². The molecule has 20 heavy (non-hydrogen) atoms. The number of pyridine rings is 1. The lowest BCUT2D eigenvalue weighted by Crippen LogP contribution is -2.38. The summed E-state index contributed by atoms with van der Waals surface area (Å²) in [6.45, 7) is 5.92. The summed E-state index contributed by atoms with van der Waals surface area (Å²) in [6.07, 6.45) is 4.68. The van der Waals surface area contributed by atoms with Crippen LogP contribution in [-0.2, 0) is 4.74 Å². The van der Waals surface area contributed by atoms with E-state index in [1.165, 1.54) is 12.3 Å². The first kappa shape index (κ1) is 15.4. The largest absolute Gasteiger partial charge is 0.378 e. The molecule has 2 heterocycles. The first-order valence-electron chi connectivity index (χ1n) is 7.40. The summed E-state index contributed by atoms with van der Waals surface area (Å²) in [6, 6.07) is 2.96. The van der Waals surface area contributed by atoms with Crippen LogP contribution in [0.25, 0.3) is 0 Å². The SMILES string of the molecule is CCOC1CCN(CCC(N)c2ccc(F)cn2)CC1. The molecule has 2 rings (SSSR count). The van der Waals surface area contributed by atoms with Crippen molar-refractivity contribution in [3.05, 3.63) is 29.8 Å². The fourth-order valence-electron chi connectivity index (χ4n) is 2.61. The van der Waals surface area contributed by atoms with Gasteiger partial charge in [0, 0.05) is 25.7 Å². The zero-order valence-electron chi connectivity index (χ0n) is 12.1. The van der Waals surface area contributed by atoms with E-state index in [9.17, 15) is 4.39 Å². The highest BCUT2D eigenvalue weighted by atomic mass is 19.1. The molecule has 0 bridgehead atoms. The van der Waals surface area contributed by atoms with E-state index in [0.717, 1.165) is 51.2 Å². The van der Waals surface area contributed by atoms with E-state index < -0.39 is 0 Å². The number of piperidine rings is 1. The third kappa shape index (κ3) is 4.51. The van der Waals surface area contributed by atoms with Crippen molar-refractivity contribution in [3.8, 4) is 0 Å². The molecule has 0 aliphatic carbocycles. The number of likely N-dealkylation sites (tertiary alicyclic amines) is 1. The van der Waals surface area contributed by atoms with Crippen molar-refractivity contribution in [2.45, 2.75) is 38.3 Å². The maximum absolute atomic E-state index is 12.8. The molecule has 2 N–H and O–H groups in total. The second-order valence-corrected chi connectivity index (χ2v) is 5.29. The fourth-order valence-corrected chi connectivity index (χ4v) is 2.61. The quantitative estimate of drug-likeness (QED) is 0.867. The number of hydrogen-bond acceptors (Lipinski definition) is 4. The molecule has 1 atom stereocenters. The Morgan fingerprint density at radius 1 is 1.45 bits per heavy atom. The highest BCUT2D eigenvalue weighted by molar-refractivity contribution is 5.09. The van der Waals surface area contributed by atoms with Crippen LogP contribution in [0.5, 0.6) is 0 Å². The van der Waals surface area contributed by atoms with Crippen molar-refractivity contribution in [3.63, 3.8) is 0 Å². The molecule has 112 valence electrons. The van der Waals surface area contributed by atoms with Crippen molar-refractivity contribution in [1.82, 2.24) is 9.88 Å². The minimum Gasteiger partial charge on any atom is -0.378 e. The van der Waals surface area contributed by atoms with Gasteiger partial charge in [-0.15, -0.1) is 0 Å². The average molecular weight is 281 g/mol. The minimum atomic E-state index is -0.320. The van der Waals surface area contributed by atoms with E-state index >= 15 is 0 Å². The van der Waals surface area contributed by atoms with Crippen molar-refractivity contribution >= 4 is 0 Å². The lowest BCUT2D eigenvalue weighted by molar-refractivity contribution is 0.0137. The van der Waals surface area contributed by atoms with Gasteiger partial charge in [-0.25, -0.2) is 4.39 Å². The van der Waals surface area contributed by atoms with Gasteiger partial charge in [0.25, 0.3) is 0 Å². The maximum Gasteiger partial charge on any atom is 0.141 e. The summed E-state index contributed by atoms with van der Waals surface area (Å²) in [7, 11) is 0. The monoisotopic (exact) mass is 281 g/mol. The minimum absolute atomic E-state index is 0.125. The van der Waals surface area contributed by atoms with E-state index in [2.05, 4.69) is 9.88 Å². The highest BCUT2D eigenvalue weighted by Crippen LogP contribution is 2.17. The van der Waals surface area contributed by atoms with E-state index in [-0.39, 0.29) is 11.9 Å². The van der Waals surface area contributed by atoms with E-state index in [1.807, 2.05) is 6.92 Å². The topological polar surface area (TPSA) is 51.4 Å². The summed E-state index contributed by atoms with van der Waals surface area (Å²) >= 11 is 0. The summed E-state index contributed by atoms with van der Waals surface area (Å²) in [5, 5.41) is 0. The van der Waals surface area contributed by atoms with Crippen LogP contribution in [0.1, 0.15) is 37.9 Å². The van der Waals surface area contributed by atoms with Crippen LogP contribution in [0.4, 0.5) is 4.39 Å². The molecule has 0 saturated carbocycles. The lowest BCUT2D eigenvalue weighted by Gasteiger charge is -2.32. The molecular formula is C15H24FN3O. The van der Waals surface area contributed by atoms with Gasteiger partial charge >= 0.3 is 0 Å². The fraction of sp³-hybridized carbons (Fsp3) is 0.667. The predicted molar refractivity (Wildman–Crippen MR) is 76.8 cm³/mol. The molecule has 0 amide bonds. The molecule has 1 saturated heterocycles. The van der Waals surface area contributed by atoms with Gasteiger partial charge in [0.2, 0.25) is 0 Å². The summed E-state index contributed by atoms with van der Waals surface area (Å²) in [5.74, 6) is -0.320. The van der Waals surface area contributed by atoms with Crippen LogP contribution in [0.15, 0.2) is 18.3 Å². The van der Waals surface area contributed by atoms with Crippen molar-refractivity contribution in [1.29, 1.82) is 0 Å². The molecular weight excluding hydrogens is 257 g/mol. The Morgan fingerprint density at radius 3 is 2.80 bits per heavy atom. The van der Waals surface area contributed by atoms with Crippen molar-refractivity contribution in [2.24, 2.45) is 5.73 Å². The van der Waals surface area contributed by atoms with Gasteiger partial charge in [-0.1, -0.05) is 0 Å². The van der Waals surface area contributed by atoms with Gasteiger partial charge in [0.1, 0.15) is 5.82 Å². The van der Waals surface area contributed by atoms with Gasteiger partial charge < -0.3 is 15.4 Å². The van der Waals surface area contributed by atoms with Crippen LogP contribution >= 0.6 is 0 Å². The number of aromatic nitrogens is 1. The van der Waals surface area contributed by atoms with Crippen molar-refractivity contribution < 1.29 is 9.13 Å². The van der Waals surface area contributed by atoms with Crippen LogP contribution < -0.4 is 5.73 Å². The van der Waals surface area contributed by atoms with Crippen LogP contribution in [0.3, 0.4) is 0 Å². The molecule has 1 fully saturated rings. The molecule has 1 aliphatic rings. The van der Waals surface area contributed by atoms with Crippen LogP contribution in [-0.4, -0.2) is 42.2 Å². The number of hydrogen-bond donors (Lipinski definition) is 1. The second-order valence-electron chi connectivity index (χ2n) is 5.29. The highest BCUT2D eigenvalue weighted by Gasteiger charge is 2.19. The van der Waals surface area contributed by atoms with E-state index in [4.69, 9.17) is 10.5 Å². The van der Waals surface area contributed by atoms with E-state index in [1.54, 1.807) is 6.07 Å². The van der Waals surface area contributed by atoms with Gasteiger partial charge in [-0.2, -0.15) is 0 Å². The molecule has 4 nitrogen and oxygen atoms in total. The number of halogens is 1. The van der Waals surface area contributed by atoms with Gasteiger partial charge in [0.05, 0.1) is 18.0 Å². The summed E-state index contributed by atoms with van der Waals surface area (Å²) < 4.78 is 18.4. The Kier molecular flexibility index (Phi) is 5.88. The molecule has 1 aromatic rings. The van der Waals surface area contributed by atoms with Crippen LogP contribution in [0.2, 0.25) is 0 Å². The average Bonchev–Trinajstić information content (AvgIpc) is 2.47. The summed E-state index contributed by atoms with van der Waals surface area (Å²) in [4.78, 5) is 6.46. The zero-order valence-corrected chi connectivity index (χ0v) is 12.1. The second kappa shape index (κ2) is 7.67. The first-order chi connectivity index (χ1) is 9.69. The Morgan fingerprint density at radius 2 is 2.20 bits per heavy atom. The zero-order chi connectivity index (χ0) is 14.4. The summed E-state index contributed by atoms with van der Waals surface area (Å²) in [5.41, 5.74) is 6.86. The number of nitrogens with zero attached hydrogens (tertiary/aromatic N) is 2. The number of rotatable bonds is 6. The molecule has 0 spiro atoms. The van der Waals surface area contributed by atoms with Gasteiger partial charge in [-0.3, -0.25) is 4.98 Å². The third-order valence-electron chi connectivity index (χ3n) is 3.82. The molecule has 5 heteroatoms. The Bertz CT molecular complexity index is 391. The standard InChI is InChI=1S/C15H24FN3O/c1-2-20-13-5-8-19(9-6-13)10-7-14(17)15-4-3-12(16)11-18-15/h3-4,11,13-14H,2,5-10,17H2,1H3. The molecule has 1 aliphatic heterocycles. The van der Waals surface area contributed by atoms with Gasteiger partial charge in [0.15, 0.2) is 0 Å². The van der Waals surface area contributed by atoms with Crippen LogP contribution in [0, 0.1) is 5.82 Å². The lowest BCUT2D eigenvalue weighted by atomic mass is 10.1. The number of nitrogens with two attached hydrogens (primary N) is 1. The smallest absolute Gasteiger partial charge is 0.141 e. The molecule has 0 radical (unpaired) electrons. The molecule has 1 unspecified atom stereocenters. The molecule has 0 aromatic carbocycles. The van der Waals surface area contributed by atoms with E-state index in [0.29, 0.717) is 6.10 Å². The Hall–Kier alpha value is -1.04. The number of ether oxygens (including phenoxy) is 1. The normalized spacial score (nSPS) is 19.1. The maximum atomic E-state index is 12.8. The first-order valence-corrected chi connectivity index (χ1v) is 7.40.